The highest BCUT2D eigenvalue weighted by Gasteiger charge is 2.10. The van der Waals surface area contributed by atoms with Crippen LogP contribution in [0.2, 0.25) is 0 Å². The zero-order chi connectivity index (χ0) is 13.9. The van der Waals surface area contributed by atoms with E-state index in [-0.39, 0.29) is 4.90 Å². The van der Waals surface area contributed by atoms with E-state index in [0.717, 1.165) is 15.6 Å². The normalized spacial score (nSPS) is 11.9. The first-order chi connectivity index (χ1) is 8.97. The third kappa shape index (κ3) is 3.75. The molecule has 0 aliphatic rings. The first-order valence-electron chi connectivity index (χ1n) is 5.60. The number of hydrogen-bond donors (Lipinski definition) is 0. The molecule has 0 amide bonds. The van der Waals surface area contributed by atoms with E-state index >= 15 is 0 Å². The lowest BCUT2D eigenvalue weighted by Gasteiger charge is -1.99. The highest BCUT2D eigenvalue weighted by Crippen LogP contribution is 2.14. The Bertz CT molecular complexity index is 689. The number of hydrogen-bond acceptors (Lipinski definition) is 2. The van der Waals surface area contributed by atoms with Gasteiger partial charge in [-0.3, -0.25) is 0 Å². The first kappa shape index (κ1) is 14.0. The van der Waals surface area contributed by atoms with Crippen LogP contribution >= 0.6 is 15.9 Å². The Morgan fingerprint density at radius 2 is 1.58 bits per heavy atom. The molecule has 0 bridgehead atoms. The number of benzene rings is 2. The van der Waals surface area contributed by atoms with Crippen molar-refractivity contribution in [3.05, 3.63) is 64.1 Å². The molecule has 0 spiro atoms. The monoisotopic (exact) mass is 337 g/mol. The quantitative estimate of drug-likeness (QED) is 0.804. The van der Waals surface area contributed by atoms with Gasteiger partial charge in [0, 0.05) is 10.7 Å². The molecule has 2 aromatic carbocycles. The molecule has 0 heterocycles. The minimum atomic E-state index is -3.63. The fourth-order valence-corrected chi connectivity index (χ4v) is 2.58. The van der Waals surface area contributed by atoms with Gasteiger partial charge in [-0.1, -0.05) is 45.8 Å². The molecule has 0 radical (unpaired) electrons. The van der Waals surface area contributed by atoms with Crippen molar-refractivity contribution < 1.29 is 8.42 Å². The Morgan fingerprint density at radius 1 is 1.00 bits per heavy atom. The summed E-state index contributed by atoms with van der Waals surface area (Å²) in [6, 6.07) is 13.9. The van der Waals surface area contributed by atoms with Gasteiger partial charge in [0.05, 0.1) is 4.90 Å². The minimum Gasteiger partial charge on any atom is -0.199 e. The van der Waals surface area contributed by atoms with Crippen molar-refractivity contribution in [1.82, 2.24) is 0 Å². The van der Waals surface area contributed by atoms with E-state index in [1.165, 1.54) is 6.21 Å². The second kappa shape index (κ2) is 5.67. The van der Waals surface area contributed by atoms with E-state index in [9.17, 15) is 8.42 Å². The van der Waals surface area contributed by atoms with Crippen LogP contribution < -0.4 is 0 Å². The van der Waals surface area contributed by atoms with Gasteiger partial charge in [-0.2, -0.15) is 12.8 Å². The molecule has 2 aromatic rings. The number of sulfonamides is 1. The molecule has 0 fully saturated rings. The summed E-state index contributed by atoms with van der Waals surface area (Å²) in [6.07, 6.45) is 1.35. The summed E-state index contributed by atoms with van der Waals surface area (Å²) < 4.78 is 28.6. The van der Waals surface area contributed by atoms with Gasteiger partial charge >= 0.3 is 0 Å². The number of rotatable bonds is 3. The average Bonchev–Trinajstić information content (AvgIpc) is 2.39. The fraction of sp³-hybridized carbons (Fsp3) is 0.0714. The molecule has 0 aliphatic carbocycles. The van der Waals surface area contributed by atoms with Gasteiger partial charge in [0.1, 0.15) is 0 Å². The van der Waals surface area contributed by atoms with Crippen molar-refractivity contribution in [3.8, 4) is 0 Å². The van der Waals surface area contributed by atoms with Crippen molar-refractivity contribution in [2.24, 2.45) is 4.40 Å². The lowest BCUT2D eigenvalue weighted by atomic mass is 10.2. The van der Waals surface area contributed by atoms with E-state index in [0.29, 0.717) is 0 Å². The van der Waals surface area contributed by atoms with Crippen LogP contribution in [0, 0.1) is 6.92 Å². The number of aryl methyl sites for hydroxylation is 1. The largest absolute Gasteiger partial charge is 0.282 e. The summed E-state index contributed by atoms with van der Waals surface area (Å²) in [5.41, 5.74) is 1.75. The maximum atomic E-state index is 12.0. The van der Waals surface area contributed by atoms with Gasteiger partial charge in [-0.15, -0.1) is 0 Å². The van der Waals surface area contributed by atoms with E-state index in [2.05, 4.69) is 20.3 Å². The zero-order valence-electron chi connectivity index (χ0n) is 10.2. The van der Waals surface area contributed by atoms with Crippen LogP contribution in [0.5, 0.6) is 0 Å². The summed E-state index contributed by atoms with van der Waals surface area (Å²) in [5.74, 6) is 0. The van der Waals surface area contributed by atoms with Crippen LogP contribution in [0.1, 0.15) is 11.1 Å². The van der Waals surface area contributed by atoms with Gasteiger partial charge in [0.25, 0.3) is 10.0 Å². The predicted molar refractivity (Wildman–Crippen MR) is 80.1 cm³/mol. The summed E-state index contributed by atoms with van der Waals surface area (Å²) >= 11 is 3.32. The third-order valence-corrected chi connectivity index (χ3v) is 4.31. The van der Waals surface area contributed by atoms with Crippen LogP contribution in [-0.2, 0) is 10.0 Å². The number of nitrogens with zero attached hydrogens (tertiary/aromatic N) is 1. The maximum absolute atomic E-state index is 12.0. The first-order valence-corrected chi connectivity index (χ1v) is 7.83. The van der Waals surface area contributed by atoms with E-state index in [1.54, 1.807) is 36.4 Å². The average molecular weight is 338 g/mol. The lowest BCUT2D eigenvalue weighted by Crippen LogP contribution is -1.97. The summed E-state index contributed by atoms with van der Waals surface area (Å²) in [6.45, 7) is 1.90. The van der Waals surface area contributed by atoms with Gasteiger partial charge in [0.15, 0.2) is 0 Å². The molecule has 0 saturated carbocycles. The second-order valence-corrected chi connectivity index (χ2v) is 6.62. The molecule has 0 unspecified atom stereocenters. The lowest BCUT2D eigenvalue weighted by molar-refractivity contribution is 0.598. The molecule has 0 saturated heterocycles. The van der Waals surface area contributed by atoms with Crippen molar-refractivity contribution in [2.75, 3.05) is 0 Å². The molecule has 3 nitrogen and oxygen atoms in total. The Kier molecular flexibility index (Phi) is 4.17. The molecule has 19 heavy (non-hydrogen) atoms. The highest BCUT2D eigenvalue weighted by molar-refractivity contribution is 9.10. The third-order valence-electron chi connectivity index (χ3n) is 2.53. The van der Waals surface area contributed by atoms with Crippen molar-refractivity contribution in [2.45, 2.75) is 11.8 Å². The Hall–Kier alpha value is -1.46. The molecule has 0 N–H and O–H groups in total. The minimum absolute atomic E-state index is 0.200. The molecular formula is C14H12BrNO2S. The molecule has 98 valence electrons. The predicted octanol–water partition coefficient (Wildman–Crippen LogP) is 3.57. The van der Waals surface area contributed by atoms with Crippen molar-refractivity contribution >= 4 is 32.2 Å². The van der Waals surface area contributed by atoms with Gasteiger partial charge < -0.3 is 0 Å². The fourth-order valence-electron chi connectivity index (χ4n) is 1.45. The molecule has 0 aliphatic heterocycles. The highest BCUT2D eigenvalue weighted by atomic mass is 79.9. The Balaban J connectivity index is 2.26. The van der Waals surface area contributed by atoms with Crippen LogP contribution in [0.15, 0.2) is 62.3 Å². The Labute approximate surface area is 121 Å². The van der Waals surface area contributed by atoms with Crippen molar-refractivity contribution in [1.29, 1.82) is 0 Å². The molecule has 5 heteroatoms. The van der Waals surface area contributed by atoms with Gasteiger partial charge in [0.2, 0.25) is 0 Å². The topological polar surface area (TPSA) is 46.5 Å². The number of halogens is 1. The molecule has 2 rings (SSSR count). The van der Waals surface area contributed by atoms with Crippen LogP contribution in [0.4, 0.5) is 0 Å². The SMILES string of the molecule is Cc1ccc(S(=O)(=O)/N=C/c2ccc(Br)cc2)cc1. The standard InChI is InChI=1S/C14H12BrNO2S/c1-11-2-8-14(9-3-11)19(17,18)16-10-12-4-6-13(15)7-5-12/h2-10H,1H3/b16-10+. The summed E-state index contributed by atoms with van der Waals surface area (Å²) in [4.78, 5) is 0.200. The molecule has 0 atom stereocenters. The van der Waals surface area contributed by atoms with E-state index in [1.807, 2.05) is 19.1 Å². The summed E-state index contributed by atoms with van der Waals surface area (Å²) in [7, 11) is -3.63. The van der Waals surface area contributed by atoms with Crippen LogP contribution in [0.3, 0.4) is 0 Å². The zero-order valence-corrected chi connectivity index (χ0v) is 12.6. The van der Waals surface area contributed by atoms with Crippen LogP contribution in [0.25, 0.3) is 0 Å². The summed E-state index contributed by atoms with van der Waals surface area (Å²) in [5, 5.41) is 0. The maximum Gasteiger partial charge on any atom is 0.282 e. The Morgan fingerprint density at radius 3 is 2.16 bits per heavy atom. The van der Waals surface area contributed by atoms with Gasteiger partial charge in [-0.25, -0.2) is 0 Å². The van der Waals surface area contributed by atoms with E-state index < -0.39 is 10.0 Å². The molecule has 0 aromatic heterocycles. The van der Waals surface area contributed by atoms with E-state index in [4.69, 9.17) is 0 Å². The smallest absolute Gasteiger partial charge is 0.199 e. The second-order valence-electron chi connectivity index (χ2n) is 4.07. The van der Waals surface area contributed by atoms with Crippen molar-refractivity contribution in [3.63, 3.8) is 0 Å². The van der Waals surface area contributed by atoms with Crippen LogP contribution in [-0.4, -0.2) is 14.6 Å². The van der Waals surface area contributed by atoms with Gasteiger partial charge in [-0.05, 0) is 36.8 Å². The molecular weight excluding hydrogens is 326 g/mol.